The Morgan fingerprint density at radius 2 is 1.80 bits per heavy atom. The summed E-state index contributed by atoms with van der Waals surface area (Å²) in [7, 11) is 0. The van der Waals surface area contributed by atoms with Crippen LogP contribution in [-0.2, 0) is 22.4 Å². The zero-order valence-electron chi connectivity index (χ0n) is 17.2. The van der Waals surface area contributed by atoms with Gasteiger partial charge in [0.1, 0.15) is 5.84 Å². The van der Waals surface area contributed by atoms with E-state index in [-0.39, 0.29) is 17.6 Å². The molecule has 156 valence electrons. The average molecular weight is 405 g/mol. The van der Waals surface area contributed by atoms with Crippen LogP contribution in [0.3, 0.4) is 0 Å². The second-order valence-electron chi connectivity index (χ2n) is 8.08. The van der Waals surface area contributed by atoms with Gasteiger partial charge in [-0.1, -0.05) is 24.3 Å². The van der Waals surface area contributed by atoms with E-state index in [2.05, 4.69) is 6.07 Å². The van der Waals surface area contributed by atoms with Crippen molar-refractivity contribution in [3.8, 4) is 0 Å². The summed E-state index contributed by atoms with van der Waals surface area (Å²) in [4.78, 5) is 29.0. The minimum Gasteiger partial charge on any atom is -0.384 e. The lowest BCUT2D eigenvalue weighted by atomic mass is 9.99. The van der Waals surface area contributed by atoms with Crippen LogP contribution in [0.1, 0.15) is 48.8 Å². The Hall–Kier alpha value is -3.15. The fraction of sp³-hybridized carbons (Fsp3) is 0.375. The quantitative estimate of drug-likeness (QED) is 0.591. The number of amidine groups is 1. The van der Waals surface area contributed by atoms with Gasteiger partial charge in [0.25, 0.3) is 0 Å². The molecule has 2 amide bonds. The highest BCUT2D eigenvalue weighted by atomic mass is 16.2. The average Bonchev–Trinajstić information content (AvgIpc) is 2.77. The summed E-state index contributed by atoms with van der Waals surface area (Å²) in [5.74, 6) is 0.363. The first-order valence-corrected chi connectivity index (χ1v) is 10.7. The van der Waals surface area contributed by atoms with Crippen molar-refractivity contribution >= 4 is 29.0 Å². The molecular weight excluding hydrogens is 376 g/mol. The van der Waals surface area contributed by atoms with Crippen molar-refractivity contribution in [1.82, 2.24) is 0 Å². The molecular formula is C24H28N4O2. The van der Waals surface area contributed by atoms with E-state index in [1.165, 1.54) is 0 Å². The van der Waals surface area contributed by atoms with Crippen LogP contribution in [0.15, 0.2) is 42.5 Å². The van der Waals surface area contributed by atoms with Crippen molar-refractivity contribution in [1.29, 1.82) is 5.41 Å². The second-order valence-corrected chi connectivity index (χ2v) is 8.08. The maximum absolute atomic E-state index is 13.0. The summed E-state index contributed by atoms with van der Waals surface area (Å²) in [6, 6.07) is 13.6. The van der Waals surface area contributed by atoms with Gasteiger partial charge in [-0.3, -0.25) is 15.0 Å². The van der Waals surface area contributed by atoms with Gasteiger partial charge < -0.3 is 15.5 Å². The van der Waals surface area contributed by atoms with E-state index >= 15 is 0 Å². The Bertz CT molecular complexity index is 968. The molecule has 6 nitrogen and oxygen atoms in total. The van der Waals surface area contributed by atoms with Crippen molar-refractivity contribution in [2.24, 2.45) is 5.73 Å². The lowest BCUT2D eigenvalue weighted by Gasteiger charge is -2.32. The highest BCUT2D eigenvalue weighted by Gasteiger charge is 2.25. The maximum Gasteiger partial charge on any atom is 0.227 e. The standard InChI is InChI=1S/C24H28N4O2/c25-24(26)18-9-6-17(7-10-18)8-13-23(30)28-15-3-4-19-16-20(11-12-21(19)28)27-14-2-1-5-22(27)29/h6-7,9-12,16H,1-5,8,13-15H2,(H3,25,26). The first-order chi connectivity index (χ1) is 14.5. The van der Waals surface area contributed by atoms with E-state index < -0.39 is 0 Å². The highest BCUT2D eigenvalue weighted by Crippen LogP contribution is 2.32. The Labute approximate surface area is 177 Å². The molecule has 0 saturated carbocycles. The van der Waals surface area contributed by atoms with Crippen molar-refractivity contribution < 1.29 is 9.59 Å². The molecule has 2 aromatic carbocycles. The normalized spacial score (nSPS) is 16.3. The maximum atomic E-state index is 13.0. The van der Waals surface area contributed by atoms with Gasteiger partial charge >= 0.3 is 0 Å². The molecule has 1 fully saturated rings. The molecule has 0 aromatic heterocycles. The van der Waals surface area contributed by atoms with Gasteiger partial charge in [0, 0.05) is 42.9 Å². The number of nitrogens with one attached hydrogen (secondary N) is 1. The van der Waals surface area contributed by atoms with E-state index in [4.69, 9.17) is 11.1 Å². The summed E-state index contributed by atoms with van der Waals surface area (Å²) in [5, 5.41) is 7.47. The number of aryl methyl sites for hydroxylation is 2. The summed E-state index contributed by atoms with van der Waals surface area (Å²) in [6.07, 6.45) is 5.59. The molecule has 2 aromatic rings. The third-order valence-electron chi connectivity index (χ3n) is 6.01. The number of nitrogens with zero attached hydrogens (tertiary/aromatic N) is 2. The zero-order valence-corrected chi connectivity index (χ0v) is 17.2. The van der Waals surface area contributed by atoms with E-state index in [1.54, 1.807) is 0 Å². The van der Waals surface area contributed by atoms with E-state index in [0.717, 1.165) is 61.3 Å². The van der Waals surface area contributed by atoms with Crippen molar-refractivity contribution in [2.45, 2.75) is 44.9 Å². The molecule has 0 unspecified atom stereocenters. The van der Waals surface area contributed by atoms with Crippen LogP contribution in [0.4, 0.5) is 11.4 Å². The number of fused-ring (bicyclic) bond motifs is 1. The summed E-state index contributed by atoms with van der Waals surface area (Å²) < 4.78 is 0. The van der Waals surface area contributed by atoms with Crippen LogP contribution in [-0.4, -0.2) is 30.7 Å². The number of nitrogens with two attached hydrogens (primary N) is 1. The van der Waals surface area contributed by atoms with Gasteiger partial charge in [-0.15, -0.1) is 0 Å². The molecule has 0 spiro atoms. The SMILES string of the molecule is N=C(N)c1ccc(CCC(=O)N2CCCc3cc(N4CCCCC4=O)ccc32)cc1. The molecule has 2 aliphatic heterocycles. The number of rotatable bonds is 5. The summed E-state index contributed by atoms with van der Waals surface area (Å²) >= 11 is 0. The number of carbonyl (C=O) groups excluding carboxylic acids is 2. The number of hydrogen-bond donors (Lipinski definition) is 2. The van der Waals surface area contributed by atoms with Gasteiger partial charge in [0.15, 0.2) is 0 Å². The molecule has 30 heavy (non-hydrogen) atoms. The first-order valence-electron chi connectivity index (χ1n) is 10.7. The minimum absolute atomic E-state index is 0.0492. The van der Waals surface area contributed by atoms with E-state index in [1.807, 2.05) is 46.2 Å². The van der Waals surface area contributed by atoms with Gasteiger partial charge in [-0.05, 0) is 61.4 Å². The van der Waals surface area contributed by atoms with Gasteiger partial charge in [0.2, 0.25) is 11.8 Å². The van der Waals surface area contributed by atoms with Gasteiger partial charge in [0.05, 0.1) is 0 Å². The Morgan fingerprint density at radius 1 is 1.00 bits per heavy atom. The molecule has 0 atom stereocenters. The number of anilines is 2. The predicted octanol–water partition coefficient (Wildman–Crippen LogP) is 3.40. The van der Waals surface area contributed by atoms with E-state index in [9.17, 15) is 9.59 Å². The molecule has 1 saturated heterocycles. The molecule has 0 aliphatic carbocycles. The second kappa shape index (κ2) is 8.69. The lowest BCUT2D eigenvalue weighted by molar-refractivity contribution is -0.120. The fourth-order valence-corrected chi connectivity index (χ4v) is 4.33. The summed E-state index contributed by atoms with van der Waals surface area (Å²) in [5.41, 5.74) is 10.3. The minimum atomic E-state index is 0.0492. The van der Waals surface area contributed by atoms with Crippen LogP contribution in [0, 0.1) is 5.41 Å². The molecule has 2 heterocycles. The number of hydrogen-bond acceptors (Lipinski definition) is 3. The summed E-state index contributed by atoms with van der Waals surface area (Å²) in [6.45, 7) is 1.51. The molecule has 4 rings (SSSR count). The van der Waals surface area contributed by atoms with Crippen LogP contribution < -0.4 is 15.5 Å². The number of nitrogen functional groups attached to an aromatic ring is 1. The van der Waals surface area contributed by atoms with E-state index in [0.29, 0.717) is 24.8 Å². The number of carbonyl (C=O) groups is 2. The Balaban J connectivity index is 1.45. The van der Waals surface area contributed by atoms with Crippen LogP contribution in [0.2, 0.25) is 0 Å². The first kappa shape index (κ1) is 20.1. The lowest BCUT2D eigenvalue weighted by Crippen LogP contribution is -2.37. The van der Waals surface area contributed by atoms with Crippen molar-refractivity contribution in [3.63, 3.8) is 0 Å². The molecule has 6 heteroatoms. The van der Waals surface area contributed by atoms with Gasteiger partial charge in [-0.25, -0.2) is 0 Å². The number of benzene rings is 2. The Kier molecular flexibility index (Phi) is 5.84. The monoisotopic (exact) mass is 404 g/mol. The third-order valence-corrected chi connectivity index (χ3v) is 6.01. The molecule has 0 bridgehead atoms. The smallest absolute Gasteiger partial charge is 0.227 e. The number of piperidine rings is 1. The van der Waals surface area contributed by atoms with Crippen molar-refractivity contribution in [3.05, 3.63) is 59.2 Å². The molecule has 0 radical (unpaired) electrons. The largest absolute Gasteiger partial charge is 0.384 e. The topological polar surface area (TPSA) is 90.5 Å². The predicted molar refractivity (Wildman–Crippen MR) is 119 cm³/mol. The van der Waals surface area contributed by atoms with Crippen LogP contribution in [0.25, 0.3) is 0 Å². The number of amides is 2. The van der Waals surface area contributed by atoms with Crippen LogP contribution >= 0.6 is 0 Å². The molecule has 2 aliphatic rings. The highest BCUT2D eigenvalue weighted by molar-refractivity contribution is 5.97. The Morgan fingerprint density at radius 3 is 2.53 bits per heavy atom. The third kappa shape index (κ3) is 4.22. The zero-order chi connectivity index (χ0) is 21.1. The van der Waals surface area contributed by atoms with Crippen LogP contribution in [0.5, 0.6) is 0 Å². The van der Waals surface area contributed by atoms with Gasteiger partial charge in [-0.2, -0.15) is 0 Å². The van der Waals surface area contributed by atoms with Crippen molar-refractivity contribution in [2.75, 3.05) is 22.9 Å². The fourth-order valence-electron chi connectivity index (χ4n) is 4.33. The molecule has 3 N–H and O–H groups in total.